The van der Waals surface area contributed by atoms with Crippen molar-refractivity contribution in [2.75, 3.05) is 6.61 Å². The molecule has 3 nitrogen and oxygen atoms in total. The second-order valence-corrected chi connectivity index (χ2v) is 9.82. The van der Waals surface area contributed by atoms with Crippen molar-refractivity contribution in [1.29, 1.82) is 0 Å². The lowest BCUT2D eigenvalue weighted by molar-refractivity contribution is -0.697. The molecule has 1 aromatic rings. The molecule has 0 atom stereocenters. The molecular weight excluding hydrogens is 442 g/mol. The Morgan fingerprint density at radius 3 is 1.44 bits per heavy atom. The van der Waals surface area contributed by atoms with Crippen LogP contribution in [-0.4, -0.2) is 12.6 Å². The van der Waals surface area contributed by atoms with E-state index in [0.717, 1.165) is 19.4 Å². The van der Waals surface area contributed by atoms with Gasteiger partial charge in [-0.3, -0.25) is 0 Å². The van der Waals surface area contributed by atoms with Crippen LogP contribution in [0.2, 0.25) is 0 Å². The van der Waals surface area contributed by atoms with Crippen molar-refractivity contribution in [2.45, 2.75) is 149 Å². The highest BCUT2D eigenvalue weighted by Gasteiger charge is 2.09. The van der Waals surface area contributed by atoms with Gasteiger partial charge in [0.2, 0.25) is 0 Å². The average molecular weight is 496 g/mol. The molecule has 1 heterocycles. The SMILES string of the molecule is CCCCCCCCCCCCOC(=O)c1cc[n+](CCCCCCCCCCCC)cc1.[Cl-]. The number of ether oxygens (including phenoxy) is 1. The second-order valence-electron chi connectivity index (χ2n) is 9.82. The quantitative estimate of drug-likeness (QED) is 0.106. The number of pyridine rings is 1. The first kappa shape index (κ1) is 32.9. The van der Waals surface area contributed by atoms with Crippen LogP contribution < -0.4 is 17.0 Å². The molecule has 0 aliphatic rings. The molecule has 0 bridgehead atoms. The van der Waals surface area contributed by atoms with Crippen LogP contribution in [0.3, 0.4) is 0 Å². The summed E-state index contributed by atoms with van der Waals surface area (Å²) >= 11 is 0. The normalized spacial score (nSPS) is 10.8. The number of esters is 1. The summed E-state index contributed by atoms with van der Waals surface area (Å²) in [6, 6.07) is 3.80. The van der Waals surface area contributed by atoms with Crippen LogP contribution in [0.4, 0.5) is 0 Å². The molecule has 0 amide bonds. The number of hydrogen-bond donors (Lipinski definition) is 0. The first-order valence-electron chi connectivity index (χ1n) is 14.4. The van der Waals surface area contributed by atoms with Crippen molar-refractivity contribution in [3.8, 4) is 0 Å². The Balaban J connectivity index is 0.0000109. The Bertz CT molecular complexity index is 561. The predicted molar refractivity (Wildman–Crippen MR) is 141 cm³/mol. The van der Waals surface area contributed by atoms with Gasteiger partial charge in [-0.25, -0.2) is 9.36 Å². The molecular formula is C30H54ClNO2. The van der Waals surface area contributed by atoms with E-state index in [0.29, 0.717) is 12.2 Å². The molecule has 0 aliphatic heterocycles. The predicted octanol–water partition coefficient (Wildman–Crippen LogP) is 5.98. The molecule has 198 valence electrons. The minimum Gasteiger partial charge on any atom is -1.00 e. The fourth-order valence-corrected chi connectivity index (χ4v) is 4.36. The molecule has 1 aromatic heterocycles. The number of aromatic nitrogens is 1. The molecule has 0 saturated heterocycles. The Labute approximate surface area is 217 Å². The van der Waals surface area contributed by atoms with Gasteiger partial charge >= 0.3 is 5.97 Å². The summed E-state index contributed by atoms with van der Waals surface area (Å²) in [7, 11) is 0. The van der Waals surface area contributed by atoms with Gasteiger partial charge in [0.25, 0.3) is 0 Å². The van der Waals surface area contributed by atoms with Gasteiger partial charge in [-0.1, -0.05) is 123 Å². The topological polar surface area (TPSA) is 30.2 Å². The summed E-state index contributed by atoms with van der Waals surface area (Å²) in [5.41, 5.74) is 0.668. The van der Waals surface area contributed by atoms with Gasteiger partial charge in [0.15, 0.2) is 12.4 Å². The molecule has 0 unspecified atom stereocenters. The van der Waals surface area contributed by atoms with Crippen molar-refractivity contribution in [1.82, 2.24) is 0 Å². The number of halogens is 1. The van der Waals surface area contributed by atoms with Crippen molar-refractivity contribution >= 4 is 5.97 Å². The summed E-state index contributed by atoms with van der Waals surface area (Å²) in [6.07, 6.45) is 30.6. The Morgan fingerprint density at radius 2 is 1.00 bits per heavy atom. The molecule has 0 fully saturated rings. The fourth-order valence-electron chi connectivity index (χ4n) is 4.36. The van der Waals surface area contributed by atoms with Gasteiger partial charge in [0.1, 0.15) is 6.54 Å². The summed E-state index contributed by atoms with van der Waals surface area (Å²) < 4.78 is 7.64. The minimum atomic E-state index is -0.183. The van der Waals surface area contributed by atoms with Gasteiger partial charge in [-0.05, 0) is 12.8 Å². The van der Waals surface area contributed by atoms with Crippen molar-refractivity contribution in [3.05, 3.63) is 30.1 Å². The van der Waals surface area contributed by atoms with Crippen LogP contribution in [0, 0.1) is 0 Å². The first-order valence-corrected chi connectivity index (χ1v) is 14.4. The average Bonchev–Trinajstić information content (AvgIpc) is 2.84. The third-order valence-corrected chi connectivity index (χ3v) is 6.63. The van der Waals surface area contributed by atoms with E-state index in [1.54, 1.807) is 0 Å². The molecule has 0 aliphatic carbocycles. The molecule has 0 spiro atoms. The van der Waals surface area contributed by atoms with Crippen LogP contribution in [0.1, 0.15) is 153 Å². The number of nitrogens with zero attached hydrogens (tertiary/aromatic N) is 1. The Hall–Kier alpha value is -1.09. The van der Waals surface area contributed by atoms with Crippen LogP contribution >= 0.6 is 0 Å². The maximum Gasteiger partial charge on any atom is 0.338 e. The van der Waals surface area contributed by atoms with E-state index in [-0.39, 0.29) is 18.4 Å². The lowest BCUT2D eigenvalue weighted by atomic mass is 10.1. The number of aryl methyl sites for hydroxylation is 1. The van der Waals surface area contributed by atoms with E-state index in [4.69, 9.17) is 4.74 Å². The van der Waals surface area contributed by atoms with Crippen molar-refractivity contribution in [3.63, 3.8) is 0 Å². The third-order valence-electron chi connectivity index (χ3n) is 6.63. The largest absolute Gasteiger partial charge is 1.00 e. The van der Waals surface area contributed by atoms with Crippen molar-refractivity contribution < 1.29 is 26.5 Å². The number of rotatable bonds is 23. The molecule has 4 heteroatoms. The highest BCUT2D eigenvalue weighted by Crippen LogP contribution is 2.12. The van der Waals surface area contributed by atoms with Crippen LogP contribution in [0.25, 0.3) is 0 Å². The highest BCUT2D eigenvalue weighted by atomic mass is 35.5. The van der Waals surface area contributed by atoms with E-state index in [2.05, 4.69) is 18.4 Å². The van der Waals surface area contributed by atoms with E-state index in [1.807, 2.05) is 24.5 Å². The van der Waals surface area contributed by atoms with E-state index in [1.165, 1.54) is 116 Å². The van der Waals surface area contributed by atoms with Crippen molar-refractivity contribution in [2.24, 2.45) is 0 Å². The highest BCUT2D eigenvalue weighted by molar-refractivity contribution is 5.88. The molecule has 34 heavy (non-hydrogen) atoms. The third kappa shape index (κ3) is 19.2. The van der Waals surface area contributed by atoms with Crippen LogP contribution in [0.15, 0.2) is 24.5 Å². The Morgan fingerprint density at radius 1 is 0.618 bits per heavy atom. The number of carbonyl (C=O) groups excluding carboxylic acids is 1. The minimum absolute atomic E-state index is 0. The van der Waals surface area contributed by atoms with Gasteiger partial charge in [0, 0.05) is 18.6 Å². The van der Waals surface area contributed by atoms with Crippen LogP contribution in [-0.2, 0) is 11.3 Å². The maximum absolute atomic E-state index is 12.2. The summed E-state index contributed by atoms with van der Waals surface area (Å²) in [4.78, 5) is 12.2. The Kier molecular flexibility index (Phi) is 24.2. The monoisotopic (exact) mass is 495 g/mol. The molecule has 0 aromatic carbocycles. The summed E-state index contributed by atoms with van der Waals surface area (Å²) in [5, 5.41) is 0. The van der Waals surface area contributed by atoms with Gasteiger partial charge < -0.3 is 17.1 Å². The molecule has 0 N–H and O–H groups in total. The zero-order valence-corrected chi connectivity index (χ0v) is 23.3. The van der Waals surface area contributed by atoms with Crippen LogP contribution in [0.5, 0.6) is 0 Å². The maximum atomic E-state index is 12.2. The lowest BCUT2D eigenvalue weighted by Crippen LogP contribution is -3.00. The van der Waals surface area contributed by atoms with Gasteiger partial charge in [-0.15, -0.1) is 0 Å². The second kappa shape index (κ2) is 25.0. The van der Waals surface area contributed by atoms with Gasteiger partial charge in [-0.2, -0.15) is 0 Å². The smallest absolute Gasteiger partial charge is 0.338 e. The molecule has 1 rings (SSSR count). The lowest BCUT2D eigenvalue weighted by Gasteiger charge is -2.05. The van der Waals surface area contributed by atoms with E-state index >= 15 is 0 Å². The van der Waals surface area contributed by atoms with E-state index < -0.39 is 0 Å². The number of carbonyl (C=O) groups is 1. The zero-order chi connectivity index (χ0) is 23.8. The molecule has 0 saturated carbocycles. The van der Waals surface area contributed by atoms with E-state index in [9.17, 15) is 4.79 Å². The zero-order valence-electron chi connectivity index (χ0n) is 22.5. The number of unbranched alkanes of at least 4 members (excludes halogenated alkanes) is 18. The molecule has 0 radical (unpaired) electrons. The number of hydrogen-bond acceptors (Lipinski definition) is 2. The summed E-state index contributed by atoms with van der Waals surface area (Å²) in [5.74, 6) is -0.183. The van der Waals surface area contributed by atoms with Gasteiger partial charge in [0.05, 0.1) is 12.2 Å². The first-order chi connectivity index (χ1) is 16.3. The standard InChI is InChI=1S/C30H54NO2.ClH/c1-3-5-7-9-11-13-15-17-19-21-25-31-26-23-29(24-27-31)30(32)33-28-22-20-18-16-14-12-10-8-6-4-2;/h23-24,26-27H,3-22,25,28H2,1-2H3;1H/q+1;/p-1. The fraction of sp³-hybridized carbons (Fsp3) is 0.800. The summed E-state index contributed by atoms with van der Waals surface area (Å²) in [6.45, 7) is 6.12.